The van der Waals surface area contributed by atoms with Crippen molar-refractivity contribution >= 4 is 23.2 Å². The predicted molar refractivity (Wildman–Crippen MR) is 200 cm³/mol. The summed E-state index contributed by atoms with van der Waals surface area (Å²) in [5.74, 6) is 3.64. The lowest BCUT2D eigenvalue weighted by Gasteiger charge is -2.29. The van der Waals surface area contributed by atoms with Gasteiger partial charge < -0.3 is 35.1 Å². The Morgan fingerprint density at radius 1 is 0.585 bits per heavy atom. The zero-order valence-corrected chi connectivity index (χ0v) is 31.1. The summed E-state index contributed by atoms with van der Waals surface area (Å²) in [5, 5.41) is 5.87. The van der Waals surface area contributed by atoms with Gasteiger partial charge in [-0.05, 0) is 51.9 Å². The van der Waals surface area contributed by atoms with Gasteiger partial charge in [-0.25, -0.2) is 9.97 Å². The highest BCUT2D eigenvalue weighted by atomic mass is 16.5. The van der Waals surface area contributed by atoms with Crippen molar-refractivity contribution in [1.29, 1.82) is 0 Å². The minimum Gasteiger partial charge on any atom is -2.00 e. The van der Waals surface area contributed by atoms with E-state index < -0.39 is 0 Å². The molecule has 2 aliphatic heterocycles. The second-order valence-electron chi connectivity index (χ2n) is 13.0. The number of methoxy groups -OCH3 is 4. The number of aromatic nitrogens is 2. The van der Waals surface area contributed by atoms with Crippen molar-refractivity contribution in [3.63, 3.8) is 0 Å². The van der Waals surface area contributed by atoms with Gasteiger partial charge in [0, 0.05) is 83.9 Å². The zero-order chi connectivity index (χ0) is 36.7. The van der Waals surface area contributed by atoms with Gasteiger partial charge in [0.05, 0.1) is 41.5 Å². The lowest BCUT2D eigenvalue weighted by Crippen LogP contribution is -2.39. The van der Waals surface area contributed by atoms with E-state index in [1.807, 2.05) is 24.5 Å². The van der Waals surface area contributed by atoms with Crippen molar-refractivity contribution in [3.05, 3.63) is 96.6 Å². The average Bonchev–Trinajstić information content (AvgIpc) is 3.19. The minimum absolute atomic E-state index is 0. The van der Waals surface area contributed by atoms with Crippen molar-refractivity contribution < 1.29 is 44.0 Å². The van der Waals surface area contributed by atoms with Crippen molar-refractivity contribution in [2.24, 2.45) is 0 Å². The maximum atomic E-state index is 12.4. The minimum atomic E-state index is -0.0231. The van der Waals surface area contributed by atoms with Gasteiger partial charge in [-0.3, -0.25) is 19.4 Å². The number of aromatic amines is 2. The Hall–Kier alpha value is -5.24. The first-order chi connectivity index (χ1) is 25.3. The molecule has 0 saturated carbocycles. The monoisotopic (exact) mass is 728 g/mol. The van der Waals surface area contributed by atoms with Crippen molar-refractivity contribution in [2.45, 2.75) is 37.5 Å². The molecule has 6 rings (SSSR count). The largest absolute Gasteiger partial charge is 2.00 e. The molecule has 2 aliphatic rings. The first kappa shape index (κ1) is 40.5. The first-order valence-electron chi connectivity index (χ1n) is 17.8. The highest BCUT2D eigenvalue weighted by molar-refractivity contribution is 5.93. The van der Waals surface area contributed by atoms with E-state index in [4.69, 9.17) is 18.9 Å². The first-order valence-corrected chi connectivity index (χ1v) is 17.8. The molecular formula is C40H52N6O7. The van der Waals surface area contributed by atoms with E-state index in [-0.39, 0.29) is 17.3 Å². The number of H-pyrrole nitrogens is 2. The summed E-state index contributed by atoms with van der Waals surface area (Å²) in [6.45, 7) is 4.46. The molecule has 13 nitrogen and oxygen atoms in total. The number of nitrogens with one attached hydrogen (secondary N) is 4. The highest BCUT2D eigenvalue weighted by Crippen LogP contribution is 2.29. The third kappa shape index (κ3) is 12.4. The summed E-state index contributed by atoms with van der Waals surface area (Å²) in [6.07, 6.45) is 8.16. The Morgan fingerprint density at radius 3 is 1.21 bits per heavy atom. The number of benzene rings is 2. The molecule has 2 amide bonds. The standard InChI is InChI=1S/2C20H25N3O3.O/c2*1-25-17-11-16(12-18(13-17)26-2)22-20(24)14-23-9-6-15(7-10-23)19-5-3-4-8-21-19;/h2*3-5,8,11-13,15H,6-7,9-10,14H2,1-2H3,(H,22,24);/q;;-2/p+2. The molecule has 0 atom stereocenters. The van der Waals surface area contributed by atoms with Crippen LogP contribution in [0.1, 0.15) is 48.9 Å². The third-order valence-electron chi connectivity index (χ3n) is 9.53. The van der Waals surface area contributed by atoms with Gasteiger partial charge >= 0.3 is 0 Å². The Bertz CT molecular complexity index is 1540. The molecule has 0 radical (unpaired) electrons. The quantitative estimate of drug-likeness (QED) is 0.215. The number of amides is 2. The van der Waals surface area contributed by atoms with Crippen molar-refractivity contribution in [3.8, 4) is 23.0 Å². The van der Waals surface area contributed by atoms with Gasteiger partial charge in [0.1, 0.15) is 23.0 Å². The van der Waals surface area contributed by atoms with Crippen LogP contribution in [-0.2, 0) is 15.1 Å². The van der Waals surface area contributed by atoms with Crippen molar-refractivity contribution in [1.82, 2.24) is 9.80 Å². The fraction of sp³-hybridized carbons (Fsp3) is 0.400. The topological polar surface area (TPSA) is 158 Å². The van der Waals surface area contributed by atoms with Crippen LogP contribution in [0.2, 0.25) is 0 Å². The van der Waals surface area contributed by atoms with Crippen LogP contribution in [0.5, 0.6) is 23.0 Å². The van der Waals surface area contributed by atoms with Crippen LogP contribution in [0.4, 0.5) is 11.4 Å². The predicted octanol–water partition coefficient (Wildman–Crippen LogP) is 4.55. The summed E-state index contributed by atoms with van der Waals surface area (Å²) in [6, 6.07) is 23.1. The summed E-state index contributed by atoms with van der Waals surface area (Å²) in [4.78, 5) is 35.8. The number of likely N-dealkylation sites (tertiary alicyclic amines) is 2. The lowest BCUT2D eigenvalue weighted by molar-refractivity contribution is -0.394. The van der Waals surface area contributed by atoms with E-state index in [1.165, 1.54) is 11.4 Å². The molecule has 2 aromatic carbocycles. The molecule has 4 aromatic rings. The number of nitrogens with zero attached hydrogens (tertiary/aromatic N) is 2. The third-order valence-corrected chi connectivity index (χ3v) is 9.53. The molecule has 2 saturated heterocycles. The molecule has 0 spiro atoms. The van der Waals surface area contributed by atoms with Crippen LogP contribution in [-0.4, -0.2) is 89.3 Å². The zero-order valence-electron chi connectivity index (χ0n) is 31.1. The van der Waals surface area contributed by atoms with Gasteiger partial charge in [0.2, 0.25) is 11.8 Å². The molecule has 284 valence electrons. The maximum absolute atomic E-state index is 12.4. The number of piperidine rings is 2. The SMILES string of the molecule is COc1cc(NC(=O)CN2CCC(c3cccc[nH+]3)CC2)cc(OC)c1.COc1cc(NC(=O)CN2CCC(c3cccc[nH+]3)CC2)cc(OC)c1.[O-2]. The van der Waals surface area contributed by atoms with Gasteiger partial charge in [-0.2, -0.15) is 0 Å². The van der Waals surface area contributed by atoms with E-state index in [0.717, 1.165) is 51.9 Å². The smallest absolute Gasteiger partial charge is 0.238 e. The molecule has 53 heavy (non-hydrogen) atoms. The van der Waals surface area contributed by atoms with Crippen molar-refractivity contribution in [2.75, 3.05) is 78.3 Å². The molecule has 2 fully saturated rings. The fourth-order valence-corrected chi connectivity index (χ4v) is 6.69. The number of hydrogen-bond donors (Lipinski definition) is 2. The number of rotatable bonds is 12. The van der Waals surface area contributed by atoms with Crippen LogP contribution in [0, 0.1) is 0 Å². The summed E-state index contributed by atoms with van der Waals surface area (Å²) in [7, 11) is 6.37. The number of hydrogen-bond acceptors (Lipinski definition) is 8. The number of pyridine rings is 2. The van der Waals surface area contributed by atoms with Gasteiger partial charge in [-0.15, -0.1) is 0 Å². The molecule has 4 N–H and O–H groups in total. The van der Waals surface area contributed by atoms with E-state index in [9.17, 15) is 9.59 Å². The number of ether oxygens (including phenoxy) is 4. The summed E-state index contributed by atoms with van der Waals surface area (Å²) < 4.78 is 21.0. The van der Waals surface area contributed by atoms with E-state index in [2.05, 4.69) is 54.7 Å². The van der Waals surface area contributed by atoms with Gasteiger partial charge in [0.25, 0.3) is 0 Å². The molecule has 0 aliphatic carbocycles. The number of carbonyl (C=O) groups excluding carboxylic acids is 2. The Balaban J connectivity index is 0.000000232. The van der Waals surface area contributed by atoms with Crippen LogP contribution in [0.15, 0.2) is 85.2 Å². The Morgan fingerprint density at radius 2 is 0.925 bits per heavy atom. The maximum Gasteiger partial charge on any atom is 0.238 e. The summed E-state index contributed by atoms with van der Waals surface area (Å²) >= 11 is 0. The average molecular weight is 729 g/mol. The van der Waals surface area contributed by atoms with E-state index in [0.29, 0.717) is 59.3 Å². The molecule has 0 bridgehead atoms. The second-order valence-corrected chi connectivity index (χ2v) is 13.0. The number of anilines is 2. The fourth-order valence-electron chi connectivity index (χ4n) is 6.69. The van der Waals surface area contributed by atoms with Crippen LogP contribution in [0.25, 0.3) is 0 Å². The summed E-state index contributed by atoms with van der Waals surface area (Å²) in [5.41, 5.74) is 3.92. The molecular weight excluding hydrogens is 676 g/mol. The lowest BCUT2D eigenvalue weighted by atomic mass is 9.93. The van der Waals surface area contributed by atoms with Crippen LogP contribution < -0.4 is 39.5 Å². The van der Waals surface area contributed by atoms with E-state index >= 15 is 0 Å². The molecule has 2 aromatic heterocycles. The van der Waals surface area contributed by atoms with Gasteiger partial charge in [0.15, 0.2) is 23.8 Å². The van der Waals surface area contributed by atoms with Crippen LogP contribution >= 0.6 is 0 Å². The Kier molecular flexibility index (Phi) is 15.8. The molecule has 13 heteroatoms. The Labute approximate surface area is 311 Å². The van der Waals surface area contributed by atoms with Gasteiger partial charge in [-0.1, -0.05) is 12.1 Å². The molecule has 4 heterocycles. The second kappa shape index (κ2) is 20.7. The molecule has 0 unspecified atom stereocenters. The van der Waals surface area contributed by atoms with E-state index in [1.54, 1.807) is 64.8 Å². The van der Waals surface area contributed by atoms with Crippen LogP contribution in [0.3, 0.4) is 0 Å². The number of carbonyl (C=O) groups is 2. The highest BCUT2D eigenvalue weighted by Gasteiger charge is 2.26. The normalized spacial score (nSPS) is 15.2.